The molecule has 0 aromatic rings. The summed E-state index contributed by atoms with van der Waals surface area (Å²) in [5.74, 6) is 0. The molecule has 15 heavy (non-hydrogen) atoms. The maximum Gasteiger partial charge on any atom is 0.0147 e. The predicted molar refractivity (Wildman–Crippen MR) is 66.1 cm³/mol. The maximum absolute atomic E-state index is 3.57. The second-order valence-electron chi connectivity index (χ2n) is 4.54. The monoisotopic (exact) mass is 223 g/mol. The lowest BCUT2D eigenvalue weighted by atomic mass is 9.82. The van der Waals surface area contributed by atoms with Crippen LogP contribution < -0.4 is 5.32 Å². The highest BCUT2D eigenvalue weighted by Crippen LogP contribution is 2.37. The second-order valence-corrected chi connectivity index (χ2v) is 4.54. The summed E-state index contributed by atoms with van der Waals surface area (Å²) in [5.41, 5.74) is 6.56. The molecule has 2 heteroatoms. The van der Waals surface area contributed by atoms with Gasteiger partial charge < -0.3 is 5.32 Å². The molecule has 0 amide bonds. The molecule has 82 valence electrons. The molecule has 0 aromatic carbocycles. The van der Waals surface area contributed by atoms with Crippen LogP contribution in [0.4, 0.5) is 0 Å². The van der Waals surface area contributed by atoms with Gasteiger partial charge in [0.25, 0.3) is 0 Å². The van der Waals surface area contributed by atoms with Crippen LogP contribution in [-0.4, -0.2) is 6.54 Å². The normalized spacial score (nSPS) is 24.0. The van der Waals surface area contributed by atoms with E-state index < -0.39 is 0 Å². The van der Waals surface area contributed by atoms with Gasteiger partial charge in [0.2, 0.25) is 0 Å². The van der Waals surface area contributed by atoms with Gasteiger partial charge in [-0.25, -0.2) is 0 Å². The van der Waals surface area contributed by atoms with Crippen molar-refractivity contribution in [3.63, 3.8) is 0 Å². The van der Waals surface area contributed by atoms with Gasteiger partial charge in [-0.05, 0) is 43.3 Å². The van der Waals surface area contributed by atoms with Crippen LogP contribution in [0.15, 0.2) is 34.6 Å². The van der Waals surface area contributed by atoms with Crippen molar-refractivity contribution in [2.24, 2.45) is 0 Å². The summed E-state index contributed by atoms with van der Waals surface area (Å²) in [6, 6.07) is 0. The van der Waals surface area contributed by atoms with E-state index in [1.807, 2.05) is 0 Å². The zero-order valence-electron chi connectivity index (χ0n) is 9.01. The van der Waals surface area contributed by atoms with Crippen molar-refractivity contribution < 1.29 is 0 Å². The minimum absolute atomic E-state index is 0. The fourth-order valence-corrected chi connectivity index (χ4v) is 2.79. The first-order chi connectivity index (χ1) is 6.93. The van der Waals surface area contributed by atoms with Gasteiger partial charge in [-0.2, -0.15) is 0 Å². The molecule has 1 nitrogen and oxygen atoms in total. The van der Waals surface area contributed by atoms with Gasteiger partial charge in [0, 0.05) is 18.7 Å². The Kier molecular flexibility index (Phi) is 3.20. The molecule has 0 saturated carbocycles. The third-order valence-electron chi connectivity index (χ3n) is 3.60. The highest BCUT2D eigenvalue weighted by atomic mass is 35.5. The topological polar surface area (TPSA) is 12.0 Å². The van der Waals surface area contributed by atoms with Crippen LogP contribution in [0.3, 0.4) is 0 Å². The Labute approximate surface area is 97.7 Å². The van der Waals surface area contributed by atoms with Crippen molar-refractivity contribution in [2.45, 2.75) is 38.5 Å². The van der Waals surface area contributed by atoms with E-state index in [-0.39, 0.29) is 12.4 Å². The van der Waals surface area contributed by atoms with Crippen LogP contribution in [0.1, 0.15) is 38.5 Å². The first kappa shape index (κ1) is 10.8. The SMILES string of the molecule is C1=CC2=C(CC1)CC1=C(C2)NCCC1.Cl. The molecule has 0 unspecified atom stereocenters. The Morgan fingerprint density at radius 2 is 2.00 bits per heavy atom. The summed E-state index contributed by atoms with van der Waals surface area (Å²) in [6.45, 7) is 1.19. The van der Waals surface area contributed by atoms with Gasteiger partial charge >= 0.3 is 0 Å². The van der Waals surface area contributed by atoms with Gasteiger partial charge in [-0.15, -0.1) is 12.4 Å². The van der Waals surface area contributed by atoms with E-state index in [0.717, 1.165) is 0 Å². The predicted octanol–water partition coefficient (Wildman–Crippen LogP) is 3.49. The Hall–Kier alpha value is -0.690. The first-order valence-corrected chi connectivity index (χ1v) is 5.76. The van der Waals surface area contributed by atoms with Crippen LogP contribution in [0.5, 0.6) is 0 Å². The van der Waals surface area contributed by atoms with Gasteiger partial charge in [0.15, 0.2) is 0 Å². The highest BCUT2D eigenvalue weighted by Gasteiger charge is 2.21. The first-order valence-electron chi connectivity index (χ1n) is 5.76. The fraction of sp³-hybridized carbons (Fsp3) is 0.538. The molecule has 1 heterocycles. The minimum Gasteiger partial charge on any atom is -0.388 e. The molecule has 0 bridgehead atoms. The average Bonchev–Trinajstić information content (AvgIpc) is 2.26. The third kappa shape index (κ3) is 1.98. The van der Waals surface area contributed by atoms with Gasteiger partial charge in [-0.1, -0.05) is 17.7 Å². The van der Waals surface area contributed by atoms with Crippen LogP contribution in [0.2, 0.25) is 0 Å². The molecule has 0 saturated heterocycles. The Bertz CT molecular complexity index is 350. The molecule has 0 radical (unpaired) electrons. The molecular formula is C13H18ClN. The van der Waals surface area contributed by atoms with Crippen molar-refractivity contribution in [3.05, 3.63) is 34.6 Å². The molecule has 3 aliphatic rings. The zero-order chi connectivity index (χ0) is 9.38. The van der Waals surface area contributed by atoms with Gasteiger partial charge in [-0.3, -0.25) is 0 Å². The van der Waals surface area contributed by atoms with Crippen LogP contribution in [0.25, 0.3) is 0 Å². The van der Waals surface area contributed by atoms with Gasteiger partial charge in [0.1, 0.15) is 0 Å². The summed E-state index contributed by atoms with van der Waals surface area (Å²) < 4.78 is 0. The number of allylic oxidation sites excluding steroid dienone is 5. The second kappa shape index (κ2) is 4.44. The average molecular weight is 224 g/mol. The van der Waals surface area contributed by atoms with Crippen LogP contribution in [-0.2, 0) is 0 Å². The lowest BCUT2D eigenvalue weighted by Crippen LogP contribution is -2.25. The number of halogens is 1. The molecule has 0 aromatic heterocycles. The summed E-state index contributed by atoms with van der Waals surface area (Å²) in [4.78, 5) is 0. The third-order valence-corrected chi connectivity index (χ3v) is 3.60. The van der Waals surface area contributed by atoms with Crippen LogP contribution in [0, 0.1) is 0 Å². The van der Waals surface area contributed by atoms with E-state index in [0.29, 0.717) is 0 Å². The highest BCUT2D eigenvalue weighted by molar-refractivity contribution is 5.85. The Morgan fingerprint density at radius 1 is 1.07 bits per heavy atom. The molecule has 3 rings (SSSR count). The summed E-state index contributed by atoms with van der Waals surface area (Å²) in [6.07, 6.45) is 12.4. The van der Waals surface area contributed by atoms with E-state index in [4.69, 9.17) is 0 Å². The fourth-order valence-electron chi connectivity index (χ4n) is 2.79. The number of nitrogens with one attached hydrogen (secondary N) is 1. The van der Waals surface area contributed by atoms with E-state index >= 15 is 0 Å². The maximum atomic E-state index is 3.57. The lowest BCUT2D eigenvalue weighted by molar-refractivity contribution is 0.614. The van der Waals surface area contributed by atoms with Crippen molar-refractivity contribution in [1.29, 1.82) is 0 Å². The van der Waals surface area contributed by atoms with Crippen molar-refractivity contribution >= 4 is 12.4 Å². The summed E-state index contributed by atoms with van der Waals surface area (Å²) in [5, 5.41) is 3.57. The number of hydrogen-bond donors (Lipinski definition) is 1. The van der Waals surface area contributed by atoms with Crippen molar-refractivity contribution in [2.75, 3.05) is 6.54 Å². The molecular weight excluding hydrogens is 206 g/mol. The standard InChI is InChI=1S/C13H17N.ClH/c1-2-5-11-9-13-12(6-3-7-14-13)8-10(11)4-1;/h2,5,14H,1,3-4,6-9H2;1H. The zero-order valence-corrected chi connectivity index (χ0v) is 9.83. The molecule has 0 atom stereocenters. The summed E-state index contributed by atoms with van der Waals surface area (Å²) >= 11 is 0. The smallest absolute Gasteiger partial charge is 0.0147 e. The van der Waals surface area contributed by atoms with Gasteiger partial charge in [0.05, 0.1) is 0 Å². The quantitative estimate of drug-likeness (QED) is 0.663. The minimum atomic E-state index is 0. The molecule has 0 fully saturated rings. The molecule has 1 aliphatic heterocycles. The van der Waals surface area contributed by atoms with Crippen LogP contribution >= 0.6 is 12.4 Å². The number of rotatable bonds is 0. The Balaban J connectivity index is 0.000000853. The molecule has 2 aliphatic carbocycles. The van der Waals surface area contributed by atoms with E-state index in [1.165, 1.54) is 45.1 Å². The van der Waals surface area contributed by atoms with E-state index in [1.54, 1.807) is 22.4 Å². The molecule has 0 spiro atoms. The van der Waals surface area contributed by atoms with Crippen molar-refractivity contribution in [3.8, 4) is 0 Å². The number of hydrogen-bond acceptors (Lipinski definition) is 1. The van der Waals surface area contributed by atoms with E-state index in [9.17, 15) is 0 Å². The lowest BCUT2D eigenvalue weighted by Gasteiger charge is -2.30. The summed E-state index contributed by atoms with van der Waals surface area (Å²) in [7, 11) is 0. The van der Waals surface area contributed by atoms with Crippen molar-refractivity contribution in [1.82, 2.24) is 5.32 Å². The molecule has 1 N–H and O–H groups in total. The largest absolute Gasteiger partial charge is 0.388 e. The van der Waals surface area contributed by atoms with E-state index in [2.05, 4.69) is 17.5 Å². The Morgan fingerprint density at radius 3 is 2.93 bits per heavy atom.